The standard InChI is InChI=1S/C16H18BrNO2/c1-11(18-2)15-9-13(17)6-7-16(15)20-10-12-4-3-5-14(19)8-12/h3-9,11,18-19H,10H2,1-2H3. The molecule has 0 saturated carbocycles. The van der Waals surface area contributed by atoms with Gasteiger partial charge in [0.05, 0.1) is 0 Å². The van der Waals surface area contributed by atoms with Gasteiger partial charge in [-0.25, -0.2) is 0 Å². The quantitative estimate of drug-likeness (QED) is 0.867. The molecule has 0 radical (unpaired) electrons. The lowest BCUT2D eigenvalue weighted by Crippen LogP contribution is -2.13. The van der Waals surface area contributed by atoms with Crippen molar-refractivity contribution in [3.05, 3.63) is 58.1 Å². The highest BCUT2D eigenvalue weighted by molar-refractivity contribution is 9.10. The smallest absolute Gasteiger partial charge is 0.124 e. The molecule has 1 unspecified atom stereocenters. The van der Waals surface area contributed by atoms with Gasteiger partial charge in [-0.15, -0.1) is 0 Å². The number of rotatable bonds is 5. The summed E-state index contributed by atoms with van der Waals surface area (Å²) >= 11 is 3.48. The Morgan fingerprint density at radius 3 is 2.75 bits per heavy atom. The number of hydrogen-bond acceptors (Lipinski definition) is 3. The van der Waals surface area contributed by atoms with Gasteiger partial charge < -0.3 is 15.2 Å². The summed E-state index contributed by atoms with van der Waals surface area (Å²) in [5.41, 5.74) is 2.04. The van der Waals surface area contributed by atoms with E-state index >= 15 is 0 Å². The molecule has 106 valence electrons. The van der Waals surface area contributed by atoms with Crippen LogP contribution in [0.3, 0.4) is 0 Å². The Morgan fingerprint density at radius 2 is 2.05 bits per heavy atom. The van der Waals surface area contributed by atoms with Crippen LogP contribution in [0.1, 0.15) is 24.1 Å². The van der Waals surface area contributed by atoms with E-state index in [1.54, 1.807) is 12.1 Å². The Balaban J connectivity index is 2.16. The number of ether oxygens (including phenoxy) is 1. The van der Waals surface area contributed by atoms with Crippen LogP contribution in [0.2, 0.25) is 0 Å². The van der Waals surface area contributed by atoms with Gasteiger partial charge >= 0.3 is 0 Å². The zero-order chi connectivity index (χ0) is 14.5. The Hall–Kier alpha value is -1.52. The topological polar surface area (TPSA) is 41.5 Å². The van der Waals surface area contributed by atoms with Gasteiger partial charge in [0.15, 0.2) is 0 Å². The Morgan fingerprint density at radius 1 is 1.25 bits per heavy atom. The predicted octanol–water partition coefficient (Wildman–Crippen LogP) is 4.01. The fourth-order valence-electron chi connectivity index (χ4n) is 1.95. The van der Waals surface area contributed by atoms with Crippen LogP contribution < -0.4 is 10.1 Å². The molecule has 0 amide bonds. The van der Waals surface area contributed by atoms with Crippen molar-refractivity contribution in [3.8, 4) is 11.5 Å². The number of aromatic hydroxyl groups is 1. The van der Waals surface area contributed by atoms with E-state index in [0.29, 0.717) is 6.61 Å². The first-order valence-electron chi connectivity index (χ1n) is 6.47. The molecule has 0 aliphatic rings. The Kier molecular flexibility index (Phi) is 5.04. The molecule has 0 aliphatic heterocycles. The molecular formula is C16H18BrNO2. The van der Waals surface area contributed by atoms with Gasteiger partial charge in [-0.05, 0) is 49.9 Å². The highest BCUT2D eigenvalue weighted by Crippen LogP contribution is 2.29. The van der Waals surface area contributed by atoms with Gasteiger partial charge in [0.25, 0.3) is 0 Å². The monoisotopic (exact) mass is 335 g/mol. The van der Waals surface area contributed by atoms with E-state index in [2.05, 4.69) is 34.2 Å². The normalized spacial score (nSPS) is 12.2. The SMILES string of the molecule is CNC(C)c1cc(Br)ccc1OCc1cccc(O)c1. The number of halogens is 1. The van der Waals surface area contributed by atoms with Crippen molar-refractivity contribution in [2.45, 2.75) is 19.6 Å². The fraction of sp³-hybridized carbons (Fsp3) is 0.250. The van der Waals surface area contributed by atoms with Gasteiger partial charge in [-0.2, -0.15) is 0 Å². The highest BCUT2D eigenvalue weighted by atomic mass is 79.9. The third kappa shape index (κ3) is 3.74. The van der Waals surface area contributed by atoms with Crippen molar-refractivity contribution in [2.75, 3.05) is 7.05 Å². The second-order valence-corrected chi connectivity index (χ2v) is 5.57. The largest absolute Gasteiger partial charge is 0.508 e. The van der Waals surface area contributed by atoms with Gasteiger partial charge in [-0.3, -0.25) is 0 Å². The Labute approximate surface area is 127 Å². The van der Waals surface area contributed by atoms with Crippen LogP contribution in [-0.4, -0.2) is 12.2 Å². The molecule has 1 atom stereocenters. The molecule has 2 aromatic carbocycles. The summed E-state index contributed by atoms with van der Waals surface area (Å²) in [6.45, 7) is 2.52. The molecule has 0 aliphatic carbocycles. The average Bonchev–Trinajstić information content (AvgIpc) is 2.45. The second-order valence-electron chi connectivity index (χ2n) is 4.65. The van der Waals surface area contributed by atoms with E-state index in [9.17, 15) is 5.11 Å². The van der Waals surface area contributed by atoms with Crippen LogP contribution in [0.25, 0.3) is 0 Å². The molecular weight excluding hydrogens is 318 g/mol. The third-order valence-electron chi connectivity index (χ3n) is 3.18. The van der Waals surface area contributed by atoms with E-state index < -0.39 is 0 Å². The van der Waals surface area contributed by atoms with E-state index in [4.69, 9.17) is 4.74 Å². The van der Waals surface area contributed by atoms with Crippen LogP contribution in [-0.2, 0) is 6.61 Å². The summed E-state index contributed by atoms with van der Waals surface area (Å²) < 4.78 is 6.91. The summed E-state index contributed by atoms with van der Waals surface area (Å²) in [6, 6.07) is 13.3. The van der Waals surface area contributed by atoms with E-state index in [-0.39, 0.29) is 11.8 Å². The average molecular weight is 336 g/mol. The summed E-state index contributed by atoms with van der Waals surface area (Å²) in [5.74, 6) is 1.10. The Bertz CT molecular complexity index is 586. The van der Waals surface area contributed by atoms with Crippen molar-refractivity contribution in [3.63, 3.8) is 0 Å². The molecule has 4 heteroatoms. The van der Waals surface area contributed by atoms with Crippen molar-refractivity contribution in [2.24, 2.45) is 0 Å². The summed E-state index contributed by atoms with van der Waals surface area (Å²) in [7, 11) is 1.92. The molecule has 0 heterocycles. The summed E-state index contributed by atoms with van der Waals surface area (Å²) in [4.78, 5) is 0. The van der Waals surface area contributed by atoms with Gasteiger partial charge in [-0.1, -0.05) is 28.1 Å². The zero-order valence-corrected chi connectivity index (χ0v) is 13.1. The van der Waals surface area contributed by atoms with E-state index in [1.807, 2.05) is 31.3 Å². The van der Waals surface area contributed by atoms with Gasteiger partial charge in [0, 0.05) is 16.1 Å². The lowest BCUT2D eigenvalue weighted by atomic mass is 10.1. The number of phenols is 1. The molecule has 3 nitrogen and oxygen atoms in total. The van der Waals surface area contributed by atoms with Crippen molar-refractivity contribution in [1.82, 2.24) is 5.32 Å². The maximum atomic E-state index is 9.46. The molecule has 2 rings (SSSR count). The van der Waals surface area contributed by atoms with Crippen LogP contribution in [0.5, 0.6) is 11.5 Å². The molecule has 0 fully saturated rings. The molecule has 20 heavy (non-hydrogen) atoms. The lowest BCUT2D eigenvalue weighted by molar-refractivity contribution is 0.299. The van der Waals surface area contributed by atoms with Gasteiger partial charge in [0.2, 0.25) is 0 Å². The van der Waals surface area contributed by atoms with Crippen LogP contribution >= 0.6 is 15.9 Å². The molecule has 0 saturated heterocycles. The molecule has 2 aromatic rings. The summed E-state index contributed by atoms with van der Waals surface area (Å²) in [5, 5.41) is 12.7. The first kappa shape index (κ1) is 14.9. The number of benzene rings is 2. The van der Waals surface area contributed by atoms with Crippen LogP contribution in [0, 0.1) is 0 Å². The first-order valence-corrected chi connectivity index (χ1v) is 7.27. The molecule has 2 N–H and O–H groups in total. The van der Waals surface area contributed by atoms with Crippen LogP contribution in [0.4, 0.5) is 0 Å². The van der Waals surface area contributed by atoms with Crippen molar-refractivity contribution < 1.29 is 9.84 Å². The minimum absolute atomic E-state index is 0.201. The van der Waals surface area contributed by atoms with E-state index in [1.165, 1.54) is 0 Å². The minimum atomic E-state index is 0.201. The first-order chi connectivity index (χ1) is 9.60. The van der Waals surface area contributed by atoms with Crippen molar-refractivity contribution >= 4 is 15.9 Å². The van der Waals surface area contributed by atoms with E-state index in [0.717, 1.165) is 21.3 Å². The maximum absolute atomic E-state index is 9.46. The predicted molar refractivity (Wildman–Crippen MR) is 84.1 cm³/mol. The fourth-order valence-corrected chi connectivity index (χ4v) is 2.33. The van der Waals surface area contributed by atoms with Crippen molar-refractivity contribution in [1.29, 1.82) is 0 Å². The van der Waals surface area contributed by atoms with Crippen LogP contribution in [0.15, 0.2) is 46.9 Å². The second kappa shape index (κ2) is 6.77. The zero-order valence-electron chi connectivity index (χ0n) is 11.6. The molecule has 0 aromatic heterocycles. The lowest BCUT2D eigenvalue weighted by Gasteiger charge is -2.17. The highest BCUT2D eigenvalue weighted by Gasteiger charge is 2.11. The minimum Gasteiger partial charge on any atom is -0.508 e. The number of nitrogens with one attached hydrogen (secondary N) is 1. The number of hydrogen-bond donors (Lipinski definition) is 2. The number of phenolic OH excluding ortho intramolecular Hbond substituents is 1. The van der Waals surface area contributed by atoms with Gasteiger partial charge in [0.1, 0.15) is 18.1 Å². The summed E-state index contributed by atoms with van der Waals surface area (Å²) in [6.07, 6.45) is 0. The maximum Gasteiger partial charge on any atom is 0.124 e. The molecule has 0 bridgehead atoms. The molecule has 0 spiro atoms. The third-order valence-corrected chi connectivity index (χ3v) is 3.67.